The molecule has 98 valence electrons. The van der Waals surface area contributed by atoms with Crippen LogP contribution in [0.3, 0.4) is 0 Å². The molecule has 0 bridgehead atoms. The molecule has 0 radical (unpaired) electrons. The van der Waals surface area contributed by atoms with Gasteiger partial charge in [-0.1, -0.05) is 29.3 Å². The number of aromatic amines is 1. The number of carboxylic acid groups (broad SMARTS) is 1. The summed E-state index contributed by atoms with van der Waals surface area (Å²) >= 11 is 12.1. The first-order valence-electron chi connectivity index (χ1n) is 5.37. The molecule has 19 heavy (non-hydrogen) atoms. The topological polar surface area (TPSA) is 70.2 Å². The van der Waals surface area contributed by atoms with Gasteiger partial charge in [0.2, 0.25) is 0 Å². The third-order valence-electron chi connectivity index (χ3n) is 2.54. The molecule has 0 aliphatic heterocycles. The van der Waals surface area contributed by atoms with Crippen LogP contribution in [0.4, 0.5) is 0 Å². The second kappa shape index (κ2) is 5.47. The second-order valence-corrected chi connectivity index (χ2v) is 4.71. The third kappa shape index (κ3) is 2.97. The van der Waals surface area contributed by atoms with E-state index in [9.17, 15) is 9.59 Å². The van der Waals surface area contributed by atoms with Crippen molar-refractivity contribution in [1.29, 1.82) is 0 Å². The average molecular weight is 298 g/mol. The third-order valence-corrected chi connectivity index (χ3v) is 3.17. The van der Waals surface area contributed by atoms with E-state index in [1.807, 2.05) is 0 Å². The minimum atomic E-state index is -1.01. The standard InChI is InChI=1S/C13H9Cl2NO3/c14-9-2-1-3-10(15)12(9)8-5-4-7(6-11(17)18)16-13(8)19/h1-5H,6H2,(H,16,19)(H,17,18). The van der Waals surface area contributed by atoms with Crippen molar-refractivity contribution >= 4 is 29.2 Å². The van der Waals surface area contributed by atoms with Crippen LogP contribution in [-0.4, -0.2) is 16.1 Å². The molecule has 0 saturated heterocycles. The molecule has 6 heteroatoms. The first-order valence-corrected chi connectivity index (χ1v) is 6.13. The van der Waals surface area contributed by atoms with Gasteiger partial charge >= 0.3 is 5.97 Å². The second-order valence-electron chi connectivity index (χ2n) is 3.89. The van der Waals surface area contributed by atoms with Gasteiger partial charge in [-0.15, -0.1) is 0 Å². The largest absolute Gasteiger partial charge is 0.481 e. The molecule has 0 aliphatic rings. The zero-order chi connectivity index (χ0) is 14.0. The summed E-state index contributed by atoms with van der Waals surface area (Å²) in [5, 5.41) is 9.40. The van der Waals surface area contributed by atoms with Crippen molar-refractivity contribution < 1.29 is 9.90 Å². The predicted octanol–water partition coefficient (Wildman–Crippen LogP) is 2.98. The quantitative estimate of drug-likeness (QED) is 0.915. The van der Waals surface area contributed by atoms with Gasteiger partial charge in [-0.2, -0.15) is 0 Å². The molecule has 2 aromatic rings. The Kier molecular flexibility index (Phi) is 3.93. The van der Waals surface area contributed by atoms with E-state index in [2.05, 4.69) is 4.98 Å². The maximum absolute atomic E-state index is 12.0. The summed E-state index contributed by atoms with van der Waals surface area (Å²) in [5.74, 6) is -1.01. The van der Waals surface area contributed by atoms with Crippen LogP contribution in [0.25, 0.3) is 11.1 Å². The van der Waals surface area contributed by atoms with Gasteiger partial charge in [-0.05, 0) is 24.3 Å². The smallest absolute Gasteiger partial charge is 0.309 e. The highest BCUT2D eigenvalue weighted by atomic mass is 35.5. The average Bonchev–Trinajstić information content (AvgIpc) is 2.30. The highest BCUT2D eigenvalue weighted by Crippen LogP contribution is 2.32. The molecule has 1 heterocycles. The predicted molar refractivity (Wildman–Crippen MR) is 73.9 cm³/mol. The fourth-order valence-electron chi connectivity index (χ4n) is 1.73. The van der Waals surface area contributed by atoms with Crippen molar-refractivity contribution in [1.82, 2.24) is 4.98 Å². The van der Waals surface area contributed by atoms with Crippen molar-refractivity contribution in [2.45, 2.75) is 6.42 Å². The molecule has 0 amide bonds. The SMILES string of the molecule is O=C(O)Cc1ccc(-c2c(Cl)cccc2Cl)c(=O)[nH]1. The molecular weight excluding hydrogens is 289 g/mol. The first kappa shape index (κ1) is 13.6. The normalized spacial score (nSPS) is 10.4. The highest BCUT2D eigenvalue weighted by Gasteiger charge is 2.12. The van der Waals surface area contributed by atoms with E-state index in [1.54, 1.807) is 18.2 Å². The van der Waals surface area contributed by atoms with E-state index in [0.717, 1.165) is 0 Å². The molecule has 0 unspecified atom stereocenters. The van der Waals surface area contributed by atoms with Gasteiger partial charge in [-0.3, -0.25) is 9.59 Å². The van der Waals surface area contributed by atoms with Gasteiger partial charge in [0, 0.05) is 16.8 Å². The van der Waals surface area contributed by atoms with Crippen molar-refractivity contribution in [2.75, 3.05) is 0 Å². The highest BCUT2D eigenvalue weighted by molar-refractivity contribution is 6.39. The van der Waals surface area contributed by atoms with Crippen LogP contribution < -0.4 is 5.56 Å². The number of carbonyl (C=O) groups is 1. The number of hydrogen-bond donors (Lipinski definition) is 2. The minimum absolute atomic E-state index is 0.244. The van der Waals surface area contributed by atoms with Crippen molar-refractivity contribution in [2.24, 2.45) is 0 Å². The summed E-state index contributed by atoms with van der Waals surface area (Å²) in [5.41, 5.74) is 0.650. The Hall–Kier alpha value is -1.78. The summed E-state index contributed by atoms with van der Waals surface area (Å²) in [4.78, 5) is 25.0. The van der Waals surface area contributed by atoms with Crippen LogP contribution >= 0.6 is 23.2 Å². The van der Waals surface area contributed by atoms with E-state index in [-0.39, 0.29) is 6.42 Å². The number of carboxylic acids is 1. The Balaban J connectivity index is 2.53. The number of pyridine rings is 1. The van der Waals surface area contributed by atoms with Crippen molar-refractivity contribution in [3.05, 3.63) is 56.4 Å². The minimum Gasteiger partial charge on any atom is -0.481 e. The summed E-state index contributed by atoms with van der Waals surface area (Å²) in [6.45, 7) is 0. The summed E-state index contributed by atoms with van der Waals surface area (Å²) in [7, 11) is 0. The van der Waals surface area contributed by atoms with Crippen LogP contribution in [0.1, 0.15) is 5.69 Å². The molecular formula is C13H9Cl2NO3. The van der Waals surface area contributed by atoms with Gasteiger partial charge in [0.25, 0.3) is 5.56 Å². The number of halogens is 2. The van der Waals surface area contributed by atoms with Gasteiger partial charge in [-0.25, -0.2) is 0 Å². The molecule has 2 N–H and O–H groups in total. The molecule has 0 spiro atoms. The first-order chi connectivity index (χ1) is 8.99. The number of rotatable bonds is 3. The lowest BCUT2D eigenvalue weighted by Crippen LogP contribution is -2.14. The molecule has 1 aromatic carbocycles. The number of hydrogen-bond acceptors (Lipinski definition) is 2. The lowest BCUT2D eigenvalue weighted by Gasteiger charge is -2.07. The molecule has 0 saturated carbocycles. The number of benzene rings is 1. The Morgan fingerprint density at radius 3 is 2.32 bits per heavy atom. The van der Waals surface area contributed by atoms with E-state index >= 15 is 0 Å². The summed E-state index contributed by atoms with van der Waals surface area (Å²) in [6, 6.07) is 8.00. The van der Waals surface area contributed by atoms with Gasteiger partial charge in [0.1, 0.15) is 0 Å². The van der Waals surface area contributed by atoms with Crippen LogP contribution in [0.2, 0.25) is 10.0 Å². The fourth-order valence-corrected chi connectivity index (χ4v) is 2.33. The molecule has 0 atom stereocenters. The van der Waals surface area contributed by atoms with Crippen LogP contribution in [0.15, 0.2) is 35.1 Å². The molecule has 4 nitrogen and oxygen atoms in total. The van der Waals surface area contributed by atoms with E-state index in [4.69, 9.17) is 28.3 Å². The van der Waals surface area contributed by atoms with Crippen molar-refractivity contribution in [3.63, 3.8) is 0 Å². The number of aromatic nitrogens is 1. The zero-order valence-electron chi connectivity index (χ0n) is 9.61. The number of H-pyrrole nitrogens is 1. The van der Waals surface area contributed by atoms with Crippen LogP contribution in [-0.2, 0) is 11.2 Å². The monoisotopic (exact) mass is 297 g/mol. The van der Waals surface area contributed by atoms with Gasteiger partial charge in [0.05, 0.1) is 16.5 Å². The van der Waals surface area contributed by atoms with Crippen LogP contribution in [0, 0.1) is 0 Å². The Bertz CT molecular complexity index is 674. The van der Waals surface area contributed by atoms with Crippen LogP contribution in [0.5, 0.6) is 0 Å². The van der Waals surface area contributed by atoms with Crippen molar-refractivity contribution in [3.8, 4) is 11.1 Å². The van der Waals surface area contributed by atoms with E-state index < -0.39 is 11.5 Å². The van der Waals surface area contributed by atoms with Gasteiger partial charge < -0.3 is 10.1 Å². The lowest BCUT2D eigenvalue weighted by molar-refractivity contribution is -0.136. The fraction of sp³-hybridized carbons (Fsp3) is 0.0769. The summed E-state index contributed by atoms with van der Waals surface area (Å²) < 4.78 is 0. The lowest BCUT2D eigenvalue weighted by atomic mass is 10.1. The Morgan fingerprint density at radius 1 is 1.16 bits per heavy atom. The summed E-state index contributed by atoms with van der Waals surface area (Å²) in [6.07, 6.45) is -0.244. The molecule has 0 aliphatic carbocycles. The molecule has 0 fully saturated rings. The number of nitrogens with one attached hydrogen (secondary N) is 1. The molecule has 2 rings (SSSR count). The Morgan fingerprint density at radius 2 is 1.79 bits per heavy atom. The van der Waals surface area contributed by atoms with E-state index in [0.29, 0.717) is 26.9 Å². The maximum atomic E-state index is 12.0. The van der Waals surface area contributed by atoms with Gasteiger partial charge in [0.15, 0.2) is 0 Å². The van der Waals surface area contributed by atoms with E-state index in [1.165, 1.54) is 12.1 Å². The number of aliphatic carboxylic acids is 1. The zero-order valence-corrected chi connectivity index (χ0v) is 11.1. The maximum Gasteiger partial charge on any atom is 0.309 e. The molecule has 1 aromatic heterocycles. The Labute approximate surface area is 118 Å².